The third-order valence-corrected chi connectivity index (χ3v) is 4.58. The second kappa shape index (κ2) is 5.91. The summed E-state index contributed by atoms with van der Waals surface area (Å²) < 4.78 is 0. The molecule has 2 N–H and O–H groups in total. The average Bonchev–Trinajstić information content (AvgIpc) is 2.76. The van der Waals surface area contributed by atoms with Crippen LogP contribution in [0.4, 0.5) is 0 Å². The van der Waals surface area contributed by atoms with Crippen LogP contribution in [0.3, 0.4) is 0 Å². The Kier molecular flexibility index (Phi) is 4.51. The maximum absolute atomic E-state index is 11.7. The Hall–Kier alpha value is -0.480. The largest absolute Gasteiger partial charge is 0.388 e. The highest BCUT2D eigenvalue weighted by Crippen LogP contribution is 2.28. The van der Waals surface area contributed by atoms with Crippen molar-refractivity contribution in [1.29, 1.82) is 0 Å². The van der Waals surface area contributed by atoms with Crippen LogP contribution in [-0.2, 0) is 4.79 Å². The zero-order valence-electron chi connectivity index (χ0n) is 10.2. The van der Waals surface area contributed by atoms with Gasteiger partial charge in [0.2, 0.25) is 5.91 Å². The number of nitrogens with one attached hydrogen (secondary N) is 1. The van der Waals surface area contributed by atoms with Gasteiger partial charge in [-0.25, -0.2) is 0 Å². The molecular weight excluding hydrogens is 234 g/mol. The minimum absolute atomic E-state index is 0.0350. The molecule has 1 saturated heterocycles. The van der Waals surface area contributed by atoms with Gasteiger partial charge in [0.15, 0.2) is 0 Å². The summed E-state index contributed by atoms with van der Waals surface area (Å²) in [6.45, 7) is 0.407. The molecule has 0 bridgehead atoms. The summed E-state index contributed by atoms with van der Waals surface area (Å²) in [4.78, 5) is 11.7. The van der Waals surface area contributed by atoms with E-state index in [9.17, 15) is 9.90 Å². The summed E-state index contributed by atoms with van der Waals surface area (Å²) in [5.41, 5.74) is 0.607. The quantitative estimate of drug-likeness (QED) is 0.757. The van der Waals surface area contributed by atoms with E-state index in [2.05, 4.69) is 5.32 Å². The number of carbonyl (C=O) groups excluding carboxylic acids is 1. The number of hydrogen-bond donors (Lipinski definition) is 2. The van der Waals surface area contributed by atoms with E-state index in [1.807, 2.05) is 11.8 Å². The molecule has 1 aliphatic carbocycles. The second-order valence-electron chi connectivity index (χ2n) is 5.06. The van der Waals surface area contributed by atoms with Gasteiger partial charge in [0.05, 0.1) is 5.60 Å². The van der Waals surface area contributed by atoms with Gasteiger partial charge in [0.25, 0.3) is 0 Å². The third-order valence-electron chi connectivity index (χ3n) is 3.60. The first-order valence-electron chi connectivity index (χ1n) is 6.45. The summed E-state index contributed by atoms with van der Waals surface area (Å²) in [5, 5.41) is 12.9. The van der Waals surface area contributed by atoms with Crippen molar-refractivity contribution in [3.05, 3.63) is 11.6 Å². The molecule has 0 aromatic heterocycles. The summed E-state index contributed by atoms with van der Waals surface area (Å²) >= 11 is 1.95. The first-order valence-corrected chi connectivity index (χ1v) is 7.61. The Morgan fingerprint density at radius 1 is 1.35 bits per heavy atom. The molecule has 0 aromatic rings. The fraction of sp³-hybridized carbons (Fsp3) is 0.769. The Balaban J connectivity index is 1.76. The lowest BCUT2D eigenvalue weighted by molar-refractivity contribution is -0.117. The molecule has 1 amide bonds. The molecule has 1 heterocycles. The Morgan fingerprint density at radius 2 is 2.00 bits per heavy atom. The van der Waals surface area contributed by atoms with Crippen LogP contribution < -0.4 is 5.32 Å². The molecule has 0 aromatic carbocycles. The third kappa shape index (κ3) is 4.03. The SMILES string of the molecule is O=C(C=C1CCSCC1)NCC1(O)CCCC1. The fourth-order valence-electron chi connectivity index (χ4n) is 2.48. The number of amides is 1. The van der Waals surface area contributed by atoms with E-state index >= 15 is 0 Å². The van der Waals surface area contributed by atoms with Crippen molar-refractivity contribution in [1.82, 2.24) is 5.32 Å². The molecule has 96 valence electrons. The predicted molar refractivity (Wildman–Crippen MR) is 71.1 cm³/mol. The molecule has 3 nitrogen and oxygen atoms in total. The predicted octanol–water partition coefficient (Wildman–Crippen LogP) is 1.86. The first kappa shape index (κ1) is 13.0. The monoisotopic (exact) mass is 255 g/mol. The molecule has 1 aliphatic heterocycles. The Labute approximate surface area is 107 Å². The molecule has 0 spiro atoms. The van der Waals surface area contributed by atoms with Crippen molar-refractivity contribution in [2.45, 2.75) is 44.1 Å². The standard InChI is InChI=1S/C13H21NO2S/c15-12(9-11-3-7-17-8-4-11)14-10-13(16)5-1-2-6-13/h9,16H,1-8,10H2,(H,14,15). The van der Waals surface area contributed by atoms with Gasteiger partial charge in [-0.05, 0) is 37.2 Å². The lowest BCUT2D eigenvalue weighted by atomic mass is 10.0. The van der Waals surface area contributed by atoms with Crippen molar-refractivity contribution in [2.24, 2.45) is 0 Å². The number of thioether (sulfide) groups is 1. The minimum Gasteiger partial charge on any atom is -0.388 e. The van der Waals surface area contributed by atoms with Gasteiger partial charge in [-0.2, -0.15) is 11.8 Å². The van der Waals surface area contributed by atoms with Crippen LogP contribution in [0.25, 0.3) is 0 Å². The summed E-state index contributed by atoms with van der Waals surface area (Å²) in [5.74, 6) is 2.22. The van der Waals surface area contributed by atoms with Crippen LogP contribution in [0.1, 0.15) is 38.5 Å². The summed E-state index contributed by atoms with van der Waals surface area (Å²) in [6.07, 6.45) is 7.58. The van der Waals surface area contributed by atoms with Crippen molar-refractivity contribution in [3.63, 3.8) is 0 Å². The van der Waals surface area contributed by atoms with E-state index in [0.29, 0.717) is 6.54 Å². The molecule has 17 heavy (non-hydrogen) atoms. The minimum atomic E-state index is -0.642. The number of aliphatic hydroxyl groups is 1. The van der Waals surface area contributed by atoms with Gasteiger partial charge >= 0.3 is 0 Å². The zero-order chi connectivity index (χ0) is 12.1. The van der Waals surface area contributed by atoms with Gasteiger partial charge < -0.3 is 10.4 Å². The van der Waals surface area contributed by atoms with Crippen molar-refractivity contribution < 1.29 is 9.90 Å². The molecule has 4 heteroatoms. The maximum atomic E-state index is 11.7. The van der Waals surface area contributed by atoms with E-state index in [0.717, 1.165) is 50.0 Å². The number of carbonyl (C=O) groups is 1. The van der Waals surface area contributed by atoms with E-state index in [4.69, 9.17) is 0 Å². The van der Waals surface area contributed by atoms with Gasteiger partial charge in [0.1, 0.15) is 0 Å². The van der Waals surface area contributed by atoms with Crippen LogP contribution in [0.15, 0.2) is 11.6 Å². The summed E-state index contributed by atoms with van der Waals surface area (Å²) in [7, 11) is 0. The molecule has 1 saturated carbocycles. The van der Waals surface area contributed by atoms with E-state index in [1.54, 1.807) is 6.08 Å². The normalized spacial score (nSPS) is 23.5. The molecular formula is C13H21NO2S. The van der Waals surface area contributed by atoms with E-state index in [-0.39, 0.29) is 5.91 Å². The average molecular weight is 255 g/mol. The Morgan fingerprint density at radius 3 is 2.65 bits per heavy atom. The summed E-state index contributed by atoms with van der Waals surface area (Å²) in [6, 6.07) is 0. The highest BCUT2D eigenvalue weighted by Gasteiger charge is 2.31. The van der Waals surface area contributed by atoms with Gasteiger partial charge in [0, 0.05) is 12.6 Å². The van der Waals surface area contributed by atoms with Gasteiger partial charge in [-0.3, -0.25) is 4.79 Å². The van der Waals surface area contributed by atoms with Crippen LogP contribution in [0, 0.1) is 0 Å². The number of hydrogen-bond acceptors (Lipinski definition) is 3. The topological polar surface area (TPSA) is 49.3 Å². The van der Waals surface area contributed by atoms with Crippen LogP contribution in [0.5, 0.6) is 0 Å². The van der Waals surface area contributed by atoms with Crippen molar-refractivity contribution >= 4 is 17.7 Å². The second-order valence-corrected chi connectivity index (χ2v) is 6.29. The highest BCUT2D eigenvalue weighted by molar-refractivity contribution is 7.99. The van der Waals surface area contributed by atoms with Crippen LogP contribution >= 0.6 is 11.8 Å². The Bertz CT molecular complexity index is 301. The van der Waals surface area contributed by atoms with E-state index in [1.165, 1.54) is 5.57 Å². The highest BCUT2D eigenvalue weighted by atomic mass is 32.2. The van der Waals surface area contributed by atoms with Crippen molar-refractivity contribution in [3.8, 4) is 0 Å². The smallest absolute Gasteiger partial charge is 0.244 e. The molecule has 2 fully saturated rings. The maximum Gasteiger partial charge on any atom is 0.244 e. The van der Waals surface area contributed by atoms with E-state index < -0.39 is 5.60 Å². The zero-order valence-corrected chi connectivity index (χ0v) is 11.0. The first-order chi connectivity index (χ1) is 8.18. The van der Waals surface area contributed by atoms with Crippen LogP contribution in [-0.4, -0.2) is 34.7 Å². The number of allylic oxidation sites excluding steroid dienone is 1. The molecule has 0 radical (unpaired) electrons. The van der Waals surface area contributed by atoms with Crippen molar-refractivity contribution in [2.75, 3.05) is 18.1 Å². The lowest BCUT2D eigenvalue weighted by Gasteiger charge is -2.22. The van der Waals surface area contributed by atoms with Gasteiger partial charge in [-0.1, -0.05) is 18.4 Å². The van der Waals surface area contributed by atoms with Gasteiger partial charge in [-0.15, -0.1) is 0 Å². The molecule has 0 unspecified atom stereocenters. The fourth-order valence-corrected chi connectivity index (χ4v) is 3.49. The molecule has 0 atom stereocenters. The lowest BCUT2D eigenvalue weighted by Crippen LogP contribution is -2.40. The molecule has 2 aliphatic rings. The van der Waals surface area contributed by atoms with Crippen LogP contribution in [0.2, 0.25) is 0 Å². The number of rotatable bonds is 3. The molecule has 2 rings (SSSR count).